The predicted molar refractivity (Wildman–Crippen MR) is 67.6 cm³/mol. The van der Waals surface area contributed by atoms with Crippen LogP contribution in [0.3, 0.4) is 0 Å². The van der Waals surface area contributed by atoms with E-state index in [1.807, 2.05) is 17.1 Å². The van der Waals surface area contributed by atoms with Crippen molar-refractivity contribution in [3.63, 3.8) is 0 Å². The molecule has 1 aromatic heterocycles. The van der Waals surface area contributed by atoms with Crippen molar-refractivity contribution in [3.05, 3.63) is 18.0 Å². The Morgan fingerprint density at radius 3 is 2.82 bits per heavy atom. The summed E-state index contributed by atoms with van der Waals surface area (Å²) in [6.45, 7) is 5.71. The van der Waals surface area contributed by atoms with Crippen LogP contribution in [0, 0.1) is 0 Å². The van der Waals surface area contributed by atoms with E-state index >= 15 is 0 Å². The van der Waals surface area contributed by atoms with E-state index in [0.29, 0.717) is 13.0 Å². The summed E-state index contributed by atoms with van der Waals surface area (Å²) in [5, 5.41) is 7.55. The third-order valence-corrected chi connectivity index (χ3v) is 2.77. The van der Waals surface area contributed by atoms with E-state index in [4.69, 9.17) is 0 Å². The minimum atomic E-state index is 0.147. The molecule has 0 bridgehead atoms. The lowest BCUT2D eigenvalue weighted by Crippen LogP contribution is -2.27. The fourth-order valence-corrected chi connectivity index (χ4v) is 1.51. The average Bonchev–Trinajstić information content (AvgIpc) is 2.77. The molecule has 0 aliphatic carbocycles. The molecular formula is C12H22N4O. The van der Waals surface area contributed by atoms with E-state index in [0.717, 1.165) is 12.1 Å². The summed E-state index contributed by atoms with van der Waals surface area (Å²) in [7, 11) is 3.55. The zero-order valence-corrected chi connectivity index (χ0v) is 11.1. The van der Waals surface area contributed by atoms with Crippen molar-refractivity contribution in [3.8, 4) is 0 Å². The predicted octanol–water partition coefficient (Wildman–Crippen LogP) is 1.03. The Morgan fingerprint density at radius 1 is 1.59 bits per heavy atom. The van der Waals surface area contributed by atoms with E-state index in [1.54, 1.807) is 19.0 Å². The maximum atomic E-state index is 11.4. The molecule has 1 heterocycles. The molecule has 1 aromatic rings. The fraction of sp³-hybridized carbons (Fsp3) is 0.667. The minimum absolute atomic E-state index is 0.147. The van der Waals surface area contributed by atoms with Crippen molar-refractivity contribution < 1.29 is 4.79 Å². The number of nitrogens with one attached hydrogen (secondary N) is 1. The molecule has 5 nitrogen and oxygen atoms in total. The standard InChI is InChI=1S/C12H22N4O/c1-5-16-9-11(8-14-16)10(2)13-7-6-12(17)15(3)4/h8-10,13H,5-7H2,1-4H3. The van der Waals surface area contributed by atoms with Crippen LogP contribution in [-0.4, -0.2) is 41.2 Å². The highest BCUT2D eigenvalue weighted by atomic mass is 16.2. The molecule has 5 heteroatoms. The van der Waals surface area contributed by atoms with E-state index in [-0.39, 0.29) is 11.9 Å². The van der Waals surface area contributed by atoms with Crippen LogP contribution in [0.1, 0.15) is 31.9 Å². The number of amides is 1. The van der Waals surface area contributed by atoms with Crippen LogP contribution >= 0.6 is 0 Å². The lowest BCUT2D eigenvalue weighted by atomic mass is 10.2. The maximum absolute atomic E-state index is 11.4. The summed E-state index contributed by atoms with van der Waals surface area (Å²) in [6, 6.07) is 0.227. The van der Waals surface area contributed by atoms with Gasteiger partial charge in [-0.25, -0.2) is 0 Å². The van der Waals surface area contributed by atoms with Crippen LogP contribution in [0.15, 0.2) is 12.4 Å². The van der Waals surface area contributed by atoms with Gasteiger partial charge in [0.25, 0.3) is 0 Å². The molecule has 1 atom stereocenters. The second-order valence-electron chi connectivity index (χ2n) is 4.34. The van der Waals surface area contributed by atoms with Crippen molar-refractivity contribution in [1.82, 2.24) is 20.0 Å². The molecule has 1 N–H and O–H groups in total. The molecule has 96 valence electrons. The van der Waals surface area contributed by atoms with Crippen LogP contribution in [-0.2, 0) is 11.3 Å². The normalized spacial score (nSPS) is 12.5. The number of carbonyl (C=O) groups excluding carboxylic acids is 1. The summed E-state index contributed by atoms with van der Waals surface area (Å²) in [4.78, 5) is 13.0. The van der Waals surface area contributed by atoms with Gasteiger partial charge < -0.3 is 10.2 Å². The number of carbonyl (C=O) groups is 1. The zero-order valence-electron chi connectivity index (χ0n) is 11.1. The number of hydrogen-bond donors (Lipinski definition) is 1. The maximum Gasteiger partial charge on any atom is 0.223 e. The first-order valence-corrected chi connectivity index (χ1v) is 6.00. The highest BCUT2D eigenvalue weighted by Crippen LogP contribution is 2.10. The van der Waals surface area contributed by atoms with E-state index in [1.165, 1.54) is 0 Å². The number of rotatable bonds is 6. The van der Waals surface area contributed by atoms with Gasteiger partial charge in [0.15, 0.2) is 0 Å². The zero-order chi connectivity index (χ0) is 12.8. The molecule has 0 aliphatic rings. The lowest BCUT2D eigenvalue weighted by molar-refractivity contribution is -0.128. The first kappa shape index (κ1) is 13.7. The molecule has 0 radical (unpaired) electrons. The first-order valence-electron chi connectivity index (χ1n) is 6.00. The largest absolute Gasteiger partial charge is 0.349 e. The van der Waals surface area contributed by atoms with E-state index < -0.39 is 0 Å². The molecule has 1 unspecified atom stereocenters. The van der Waals surface area contributed by atoms with Gasteiger partial charge in [-0.1, -0.05) is 0 Å². The Morgan fingerprint density at radius 2 is 2.29 bits per heavy atom. The third-order valence-electron chi connectivity index (χ3n) is 2.77. The molecule has 1 amide bonds. The van der Waals surface area contributed by atoms with Gasteiger partial charge in [-0.2, -0.15) is 5.10 Å². The SMILES string of the molecule is CCn1cc(C(C)NCCC(=O)N(C)C)cn1. The molecule has 17 heavy (non-hydrogen) atoms. The topological polar surface area (TPSA) is 50.2 Å². The van der Waals surface area contributed by atoms with Crippen molar-refractivity contribution in [2.75, 3.05) is 20.6 Å². The highest BCUT2D eigenvalue weighted by molar-refractivity contribution is 5.75. The van der Waals surface area contributed by atoms with Crippen molar-refractivity contribution in [1.29, 1.82) is 0 Å². The van der Waals surface area contributed by atoms with Gasteiger partial charge in [0.1, 0.15) is 0 Å². The molecule has 0 aliphatic heterocycles. The summed E-state index contributed by atoms with van der Waals surface area (Å²) in [5.74, 6) is 0.147. The van der Waals surface area contributed by atoms with Crippen LogP contribution in [0.2, 0.25) is 0 Å². The summed E-state index contributed by atoms with van der Waals surface area (Å²) >= 11 is 0. The van der Waals surface area contributed by atoms with Crippen LogP contribution in [0.5, 0.6) is 0 Å². The molecule has 0 aromatic carbocycles. The van der Waals surface area contributed by atoms with Gasteiger partial charge in [0, 0.05) is 51.4 Å². The molecule has 0 fully saturated rings. The Bertz CT molecular complexity index is 359. The molecular weight excluding hydrogens is 216 g/mol. The van der Waals surface area contributed by atoms with Crippen molar-refractivity contribution in [2.24, 2.45) is 0 Å². The van der Waals surface area contributed by atoms with Crippen LogP contribution in [0.4, 0.5) is 0 Å². The number of nitrogens with zero attached hydrogens (tertiary/aromatic N) is 3. The second-order valence-corrected chi connectivity index (χ2v) is 4.34. The summed E-state index contributed by atoms with van der Waals surface area (Å²) in [6.07, 6.45) is 4.43. The monoisotopic (exact) mass is 238 g/mol. The fourth-order valence-electron chi connectivity index (χ4n) is 1.51. The van der Waals surface area contributed by atoms with Crippen LogP contribution < -0.4 is 5.32 Å². The second kappa shape index (κ2) is 6.39. The Labute approximate surface area is 103 Å². The first-order chi connectivity index (χ1) is 8.04. The number of aromatic nitrogens is 2. The average molecular weight is 238 g/mol. The van der Waals surface area contributed by atoms with Gasteiger partial charge in [-0.3, -0.25) is 9.48 Å². The molecule has 0 saturated carbocycles. The smallest absolute Gasteiger partial charge is 0.223 e. The third kappa shape index (κ3) is 4.19. The quantitative estimate of drug-likeness (QED) is 0.805. The molecule has 0 spiro atoms. The highest BCUT2D eigenvalue weighted by Gasteiger charge is 2.08. The molecule has 0 saturated heterocycles. The van der Waals surface area contributed by atoms with Gasteiger partial charge in [0.2, 0.25) is 5.91 Å². The minimum Gasteiger partial charge on any atom is -0.349 e. The number of aryl methyl sites for hydroxylation is 1. The molecule has 1 rings (SSSR count). The van der Waals surface area contributed by atoms with Gasteiger partial charge in [-0.15, -0.1) is 0 Å². The van der Waals surface area contributed by atoms with E-state index in [2.05, 4.69) is 24.3 Å². The summed E-state index contributed by atoms with van der Waals surface area (Å²) in [5.41, 5.74) is 1.16. The number of hydrogen-bond acceptors (Lipinski definition) is 3. The van der Waals surface area contributed by atoms with Gasteiger partial charge in [-0.05, 0) is 13.8 Å². The van der Waals surface area contributed by atoms with Gasteiger partial charge >= 0.3 is 0 Å². The lowest BCUT2D eigenvalue weighted by Gasteiger charge is -2.14. The Kier molecular flexibility index (Phi) is 5.15. The van der Waals surface area contributed by atoms with E-state index in [9.17, 15) is 4.79 Å². The van der Waals surface area contributed by atoms with Crippen LogP contribution in [0.25, 0.3) is 0 Å². The Hall–Kier alpha value is -1.36. The summed E-state index contributed by atoms with van der Waals surface area (Å²) < 4.78 is 1.90. The Balaban J connectivity index is 2.34. The van der Waals surface area contributed by atoms with Crippen molar-refractivity contribution in [2.45, 2.75) is 32.9 Å². The van der Waals surface area contributed by atoms with Gasteiger partial charge in [0.05, 0.1) is 6.20 Å². The van der Waals surface area contributed by atoms with Crippen molar-refractivity contribution >= 4 is 5.91 Å².